The smallest absolute Gasteiger partial charge is 0.252 e. The van der Waals surface area contributed by atoms with Gasteiger partial charge in [0, 0.05) is 11.8 Å². The third kappa shape index (κ3) is 0.884. The van der Waals surface area contributed by atoms with Crippen molar-refractivity contribution in [3.8, 4) is 0 Å². The van der Waals surface area contributed by atoms with Gasteiger partial charge in [0.15, 0.2) is 0 Å². The van der Waals surface area contributed by atoms with E-state index in [0.717, 1.165) is 37.1 Å². The van der Waals surface area contributed by atoms with Crippen molar-refractivity contribution >= 4 is 23.2 Å². The second-order valence-corrected chi connectivity index (χ2v) is 6.60. The third-order valence-electron chi connectivity index (χ3n) is 5.84. The lowest BCUT2D eigenvalue weighted by molar-refractivity contribution is -0.134. The van der Waals surface area contributed by atoms with E-state index in [0.29, 0.717) is 6.42 Å². The van der Waals surface area contributed by atoms with Crippen LogP contribution >= 0.6 is 0 Å². The Bertz CT molecular complexity index is 558. The van der Waals surface area contributed by atoms with Gasteiger partial charge in [0.25, 0.3) is 11.8 Å². The summed E-state index contributed by atoms with van der Waals surface area (Å²) in [6, 6.07) is 0. The SMILES string of the molecule is O=C1NN=C2[C@@H]3CC[C@H]4C[C@]12C[C@@]1(C3)C(=O)NN=C41. The Morgan fingerprint density at radius 1 is 0.895 bits per heavy atom. The summed E-state index contributed by atoms with van der Waals surface area (Å²) in [7, 11) is 0. The largest absolute Gasteiger partial charge is 0.272 e. The minimum Gasteiger partial charge on any atom is -0.272 e. The van der Waals surface area contributed by atoms with E-state index in [4.69, 9.17) is 0 Å². The molecule has 4 saturated carbocycles. The summed E-state index contributed by atoms with van der Waals surface area (Å²) in [5, 5.41) is 8.62. The zero-order valence-electron chi connectivity index (χ0n) is 10.4. The number of amides is 2. The number of fused-ring (bicyclic) bond motifs is 1. The molecule has 6 heteroatoms. The molecule has 2 spiro atoms. The van der Waals surface area contributed by atoms with Crippen LogP contribution in [-0.2, 0) is 9.59 Å². The standard InChI is InChI=1S/C13H14N4O2/c18-10-12-3-6-1-2-7(9(12)15-17-10)4-13(5-12)8(6)14-16-11(13)19/h6-7H,1-5H2,(H,16,19)(H,17,18)/t6-,7+,12-,13-/m1/s1. The summed E-state index contributed by atoms with van der Waals surface area (Å²) in [6.07, 6.45) is 4.18. The van der Waals surface area contributed by atoms with E-state index < -0.39 is 10.8 Å². The molecule has 6 aliphatic rings. The van der Waals surface area contributed by atoms with Crippen LogP contribution in [0.1, 0.15) is 32.1 Å². The minimum atomic E-state index is -0.523. The summed E-state index contributed by atoms with van der Waals surface area (Å²) in [5.74, 6) is 0.512. The fourth-order valence-corrected chi connectivity index (χ4v) is 5.16. The Balaban J connectivity index is 1.79. The van der Waals surface area contributed by atoms with Crippen molar-refractivity contribution in [1.29, 1.82) is 0 Å². The van der Waals surface area contributed by atoms with Gasteiger partial charge < -0.3 is 0 Å². The molecule has 0 aromatic heterocycles. The maximum absolute atomic E-state index is 12.4. The Hall–Kier alpha value is -1.72. The molecule has 2 aliphatic heterocycles. The summed E-state index contributed by atoms with van der Waals surface area (Å²) in [5.41, 5.74) is 6.31. The molecule has 4 atom stereocenters. The van der Waals surface area contributed by atoms with Crippen molar-refractivity contribution in [1.82, 2.24) is 10.9 Å². The van der Waals surface area contributed by atoms with Crippen molar-refractivity contribution in [2.75, 3.05) is 0 Å². The van der Waals surface area contributed by atoms with E-state index in [1.807, 2.05) is 0 Å². The number of nitrogens with one attached hydrogen (secondary N) is 2. The molecule has 19 heavy (non-hydrogen) atoms. The molecule has 4 aliphatic carbocycles. The summed E-state index contributed by atoms with van der Waals surface area (Å²) >= 11 is 0. The second-order valence-electron chi connectivity index (χ2n) is 6.60. The molecule has 0 aromatic rings. The number of hydrogen-bond acceptors (Lipinski definition) is 4. The van der Waals surface area contributed by atoms with Crippen LogP contribution in [0.15, 0.2) is 10.2 Å². The number of carbonyl (C=O) groups excluding carboxylic acids is 2. The molecular formula is C13H14N4O2. The normalized spacial score (nSPS) is 49.1. The van der Waals surface area contributed by atoms with Gasteiger partial charge >= 0.3 is 0 Å². The van der Waals surface area contributed by atoms with Gasteiger partial charge in [-0.2, -0.15) is 10.2 Å². The summed E-state index contributed by atoms with van der Waals surface area (Å²) < 4.78 is 0. The van der Waals surface area contributed by atoms with Gasteiger partial charge in [-0.15, -0.1) is 0 Å². The summed E-state index contributed by atoms with van der Waals surface area (Å²) in [4.78, 5) is 24.7. The van der Waals surface area contributed by atoms with Crippen LogP contribution in [0.4, 0.5) is 0 Å². The Morgan fingerprint density at radius 3 is 1.84 bits per heavy atom. The summed E-state index contributed by atoms with van der Waals surface area (Å²) in [6.45, 7) is 0. The van der Waals surface area contributed by atoms with Crippen LogP contribution < -0.4 is 10.9 Å². The second kappa shape index (κ2) is 2.73. The first-order chi connectivity index (χ1) is 9.16. The molecule has 2 amide bonds. The molecule has 6 rings (SSSR count). The zero-order chi connectivity index (χ0) is 12.8. The number of hydrazone groups is 2. The van der Waals surface area contributed by atoms with Gasteiger partial charge in [-0.3, -0.25) is 9.59 Å². The van der Waals surface area contributed by atoms with Crippen molar-refractivity contribution in [2.24, 2.45) is 32.9 Å². The van der Waals surface area contributed by atoms with Crippen molar-refractivity contribution in [3.63, 3.8) is 0 Å². The Kier molecular flexibility index (Phi) is 1.46. The first-order valence-corrected chi connectivity index (χ1v) is 6.93. The van der Waals surface area contributed by atoms with Gasteiger partial charge in [0.1, 0.15) is 0 Å². The van der Waals surface area contributed by atoms with E-state index in [1.54, 1.807) is 0 Å². The quantitative estimate of drug-likeness (QED) is 0.648. The van der Waals surface area contributed by atoms with E-state index in [9.17, 15) is 9.59 Å². The first-order valence-electron chi connectivity index (χ1n) is 6.93. The van der Waals surface area contributed by atoms with Gasteiger partial charge in [0.2, 0.25) is 0 Å². The van der Waals surface area contributed by atoms with Gasteiger partial charge in [0.05, 0.1) is 22.3 Å². The minimum absolute atomic E-state index is 0.00257. The predicted octanol–water partition coefficient (Wildman–Crippen LogP) is 0.154. The van der Waals surface area contributed by atoms with Gasteiger partial charge in [-0.1, -0.05) is 0 Å². The lowest BCUT2D eigenvalue weighted by atomic mass is 9.50. The fourth-order valence-electron chi connectivity index (χ4n) is 5.16. The van der Waals surface area contributed by atoms with Crippen LogP contribution in [0.3, 0.4) is 0 Å². The number of carbonyl (C=O) groups is 2. The molecule has 98 valence electrons. The van der Waals surface area contributed by atoms with Gasteiger partial charge in [-0.05, 0) is 32.1 Å². The average Bonchev–Trinajstić information content (AvgIpc) is 2.80. The van der Waals surface area contributed by atoms with Crippen molar-refractivity contribution in [2.45, 2.75) is 32.1 Å². The predicted molar refractivity (Wildman–Crippen MR) is 66.1 cm³/mol. The molecule has 2 N–H and O–H groups in total. The molecule has 0 radical (unpaired) electrons. The van der Waals surface area contributed by atoms with E-state index in [-0.39, 0.29) is 23.7 Å². The molecule has 0 unspecified atom stereocenters. The monoisotopic (exact) mass is 258 g/mol. The van der Waals surface area contributed by atoms with Crippen LogP contribution in [0.2, 0.25) is 0 Å². The van der Waals surface area contributed by atoms with Gasteiger partial charge in [-0.25, -0.2) is 10.9 Å². The first kappa shape index (κ1) is 10.1. The topological polar surface area (TPSA) is 82.9 Å². The van der Waals surface area contributed by atoms with E-state index in [2.05, 4.69) is 21.1 Å². The van der Waals surface area contributed by atoms with Crippen LogP contribution in [0.25, 0.3) is 0 Å². The average molecular weight is 258 g/mol. The number of hydrogen-bond donors (Lipinski definition) is 2. The Labute approximate surface area is 109 Å². The lowest BCUT2D eigenvalue weighted by Crippen LogP contribution is -2.59. The van der Waals surface area contributed by atoms with Crippen molar-refractivity contribution < 1.29 is 9.59 Å². The lowest BCUT2D eigenvalue weighted by Gasteiger charge is -2.49. The number of nitrogens with zero attached hydrogens (tertiary/aromatic N) is 2. The van der Waals surface area contributed by atoms with E-state index >= 15 is 0 Å². The number of rotatable bonds is 0. The molecule has 6 nitrogen and oxygen atoms in total. The highest BCUT2D eigenvalue weighted by Crippen LogP contribution is 2.62. The molecule has 0 saturated heterocycles. The third-order valence-corrected chi connectivity index (χ3v) is 5.84. The molecule has 2 heterocycles. The maximum Gasteiger partial charge on any atom is 0.252 e. The fraction of sp³-hybridized carbons (Fsp3) is 0.692. The Morgan fingerprint density at radius 2 is 1.37 bits per heavy atom. The van der Waals surface area contributed by atoms with E-state index in [1.165, 1.54) is 0 Å². The highest BCUT2D eigenvalue weighted by molar-refractivity contribution is 6.22. The molecular weight excluding hydrogens is 244 g/mol. The molecule has 4 fully saturated rings. The van der Waals surface area contributed by atoms with Crippen LogP contribution in [0, 0.1) is 22.7 Å². The maximum atomic E-state index is 12.4. The van der Waals surface area contributed by atoms with Crippen LogP contribution in [0.5, 0.6) is 0 Å². The highest BCUT2D eigenvalue weighted by atomic mass is 16.2. The van der Waals surface area contributed by atoms with Crippen molar-refractivity contribution in [3.05, 3.63) is 0 Å². The zero-order valence-corrected chi connectivity index (χ0v) is 10.4. The highest BCUT2D eigenvalue weighted by Gasteiger charge is 2.69. The molecule has 0 aromatic carbocycles. The van der Waals surface area contributed by atoms with Crippen LogP contribution in [-0.4, -0.2) is 23.2 Å². The molecule has 4 bridgehead atoms.